The largest absolute Gasteiger partial charge is 0.317 e. The average Bonchev–Trinajstić information content (AvgIpc) is 3.55. The maximum atomic E-state index is 14.9. The molecule has 0 radical (unpaired) electrons. The molecule has 0 aliphatic heterocycles. The van der Waals surface area contributed by atoms with Gasteiger partial charge in [-0.2, -0.15) is 10.4 Å². The van der Waals surface area contributed by atoms with Crippen molar-refractivity contribution in [2.24, 2.45) is 7.05 Å². The van der Waals surface area contributed by atoms with Gasteiger partial charge in [0.2, 0.25) is 0 Å². The zero-order valence-corrected chi connectivity index (χ0v) is 22.6. The third-order valence-electron chi connectivity index (χ3n) is 7.91. The first-order valence-corrected chi connectivity index (χ1v) is 13.9. The molecule has 5 aromatic rings. The molecular weight excluding hydrogens is 517 g/mol. The molecule has 2 saturated carbocycles. The summed E-state index contributed by atoms with van der Waals surface area (Å²) in [5.41, 5.74) is 5.85. The van der Waals surface area contributed by atoms with Gasteiger partial charge in [0.25, 0.3) is 0 Å². The Kier molecular flexibility index (Phi) is 6.36. The Hall–Kier alpha value is -4.75. The standard InChI is InChI=1S/C31H28FN9/c1-40-18-35-39-31(40)26-11-19(14-33)5-9-25(26)21-12-28(20-6-7-20)38-29(13-21)41-17-22(15-36-41)30-27(32)10-8-24(37-30)16-34-23-3-2-4-23/h5,8-13,15,17-18,20,23,34H,2-4,6-7,16H2,1H3. The van der Waals surface area contributed by atoms with Crippen molar-refractivity contribution in [3.63, 3.8) is 0 Å². The molecule has 2 fully saturated rings. The number of hydrogen-bond acceptors (Lipinski definition) is 7. The second-order valence-corrected chi connectivity index (χ2v) is 10.9. The van der Waals surface area contributed by atoms with Crippen molar-refractivity contribution in [2.45, 2.75) is 50.6 Å². The maximum absolute atomic E-state index is 14.9. The lowest BCUT2D eigenvalue weighted by Gasteiger charge is -2.26. The van der Waals surface area contributed by atoms with Crippen molar-refractivity contribution in [2.75, 3.05) is 0 Å². The summed E-state index contributed by atoms with van der Waals surface area (Å²) in [5, 5.41) is 26.0. The monoisotopic (exact) mass is 545 g/mol. The minimum Gasteiger partial charge on any atom is -0.317 e. The summed E-state index contributed by atoms with van der Waals surface area (Å²) < 4.78 is 18.4. The fraction of sp³-hybridized carbons (Fsp3) is 0.290. The zero-order valence-electron chi connectivity index (χ0n) is 22.6. The topological polar surface area (TPSA) is 110 Å². The van der Waals surface area contributed by atoms with Crippen LogP contribution in [0.4, 0.5) is 4.39 Å². The van der Waals surface area contributed by atoms with Crippen LogP contribution in [0.25, 0.3) is 39.6 Å². The van der Waals surface area contributed by atoms with Gasteiger partial charge in [-0.05, 0) is 73.2 Å². The first-order chi connectivity index (χ1) is 20.1. The number of benzene rings is 1. The second-order valence-electron chi connectivity index (χ2n) is 10.9. The van der Waals surface area contributed by atoms with Crippen LogP contribution in [-0.4, -0.2) is 40.6 Å². The van der Waals surface area contributed by atoms with E-state index in [0.717, 1.165) is 40.9 Å². The number of hydrogen-bond donors (Lipinski definition) is 1. The van der Waals surface area contributed by atoms with Gasteiger partial charge >= 0.3 is 0 Å². The highest BCUT2D eigenvalue weighted by molar-refractivity contribution is 5.82. The highest BCUT2D eigenvalue weighted by atomic mass is 19.1. The van der Waals surface area contributed by atoms with E-state index in [0.29, 0.717) is 41.3 Å². The van der Waals surface area contributed by atoms with E-state index in [-0.39, 0.29) is 11.5 Å². The van der Waals surface area contributed by atoms with Crippen molar-refractivity contribution in [3.05, 3.63) is 84.0 Å². The number of nitrogens with zero attached hydrogens (tertiary/aromatic N) is 8. The van der Waals surface area contributed by atoms with Gasteiger partial charge in [-0.25, -0.2) is 19.0 Å². The van der Waals surface area contributed by atoms with Crippen LogP contribution in [0.2, 0.25) is 0 Å². The lowest BCUT2D eigenvalue weighted by Crippen LogP contribution is -2.34. The lowest BCUT2D eigenvalue weighted by molar-refractivity contribution is 0.337. The molecule has 4 heterocycles. The van der Waals surface area contributed by atoms with Crippen LogP contribution >= 0.6 is 0 Å². The summed E-state index contributed by atoms with van der Waals surface area (Å²) in [6, 6.07) is 15.6. The van der Waals surface area contributed by atoms with E-state index < -0.39 is 0 Å². The molecule has 9 nitrogen and oxygen atoms in total. The Morgan fingerprint density at radius 1 is 1.02 bits per heavy atom. The average molecular weight is 546 g/mol. The summed E-state index contributed by atoms with van der Waals surface area (Å²) in [6.45, 7) is 0.610. The number of aryl methyl sites for hydroxylation is 1. The van der Waals surface area contributed by atoms with Gasteiger partial charge < -0.3 is 9.88 Å². The third kappa shape index (κ3) is 5.00. The van der Waals surface area contributed by atoms with Gasteiger partial charge in [0.05, 0.1) is 23.5 Å². The summed E-state index contributed by atoms with van der Waals surface area (Å²) in [6.07, 6.45) is 10.8. The van der Waals surface area contributed by atoms with Crippen LogP contribution in [-0.2, 0) is 13.6 Å². The van der Waals surface area contributed by atoms with Gasteiger partial charge in [0.1, 0.15) is 17.8 Å². The zero-order chi connectivity index (χ0) is 27.9. The molecule has 2 aliphatic carbocycles. The number of nitrogens with one attached hydrogen (secondary N) is 1. The van der Waals surface area contributed by atoms with Crippen molar-refractivity contribution >= 4 is 0 Å². The molecule has 41 heavy (non-hydrogen) atoms. The van der Waals surface area contributed by atoms with E-state index in [4.69, 9.17) is 4.98 Å². The predicted octanol–water partition coefficient (Wildman–Crippen LogP) is 5.32. The summed E-state index contributed by atoms with van der Waals surface area (Å²) in [5.74, 6) is 1.30. The molecule has 2 aliphatic rings. The van der Waals surface area contributed by atoms with E-state index in [1.807, 2.05) is 29.8 Å². The van der Waals surface area contributed by atoms with Gasteiger partial charge in [-0.3, -0.25) is 0 Å². The molecule has 7 rings (SSSR count). The molecule has 0 atom stereocenters. The minimum absolute atomic E-state index is 0.277. The van der Waals surface area contributed by atoms with Gasteiger partial charge in [0, 0.05) is 48.6 Å². The Bertz CT molecular complexity index is 1790. The first-order valence-electron chi connectivity index (χ1n) is 13.9. The predicted molar refractivity (Wildman–Crippen MR) is 151 cm³/mol. The summed E-state index contributed by atoms with van der Waals surface area (Å²) in [4.78, 5) is 9.55. The highest BCUT2D eigenvalue weighted by Crippen LogP contribution is 2.42. The number of nitriles is 1. The molecular formula is C31H28FN9. The Labute approximate surface area is 236 Å². The molecule has 1 N–H and O–H groups in total. The molecule has 0 amide bonds. The van der Waals surface area contributed by atoms with E-state index in [9.17, 15) is 9.65 Å². The molecule has 4 aromatic heterocycles. The van der Waals surface area contributed by atoms with Crippen LogP contribution in [0.5, 0.6) is 0 Å². The van der Waals surface area contributed by atoms with E-state index >= 15 is 0 Å². The number of rotatable bonds is 8. The van der Waals surface area contributed by atoms with Crippen molar-refractivity contribution < 1.29 is 4.39 Å². The summed E-state index contributed by atoms with van der Waals surface area (Å²) in [7, 11) is 1.88. The number of halogens is 1. The molecule has 10 heteroatoms. The highest BCUT2D eigenvalue weighted by Gasteiger charge is 2.27. The van der Waals surface area contributed by atoms with E-state index in [2.05, 4.69) is 37.7 Å². The molecule has 0 unspecified atom stereocenters. The van der Waals surface area contributed by atoms with Crippen LogP contribution in [0, 0.1) is 17.1 Å². The Morgan fingerprint density at radius 3 is 2.63 bits per heavy atom. The van der Waals surface area contributed by atoms with Crippen molar-refractivity contribution in [3.8, 4) is 45.7 Å². The maximum Gasteiger partial charge on any atom is 0.164 e. The van der Waals surface area contributed by atoms with Crippen molar-refractivity contribution in [1.82, 2.24) is 39.8 Å². The smallest absolute Gasteiger partial charge is 0.164 e. The SMILES string of the molecule is Cn1cnnc1-c1cc(C#N)ccc1-c1cc(C2CC2)nc(-n2cc(-c3nc(CNC4CCC4)ccc3F)cn2)c1. The third-order valence-corrected chi connectivity index (χ3v) is 7.91. The van der Waals surface area contributed by atoms with Crippen LogP contribution in [0.15, 0.2) is 61.2 Å². The summed E-state index contributed by atoms with van der Waals surface area (Å²) >= 11 is 0. The van der Waals surface area contributed by atoms with Gasteiger partial charge in [0.15, 0.2) is 11.6 Å². The lowest BCUT2D eigenvalue weighted by atomic mass is 9.93. The Morgan fingerprint density at radius 2 is 1.90 bits per heavy atom. The molecule has 0 bridgehead atoms. The van der Waals surface area contributed by atoms with E-state index in [1.165, 1.54) is 25.3 Å². The fourth-order valence-corrected chi connectivity index (χ4v) is 5.19. The molecule has 204 valence electrons. The van der Waals surface area contributed by atoms with Crippen LogP contribution in [0.3, 0.4) is 0 Å². The van der Waals surface area contributed by atoms with Crippen LogP contribution in [0.1, 0.15) is 55.0 Å². The minimum atomic E-state index is -0.386. The molecule has 0 spiro atoms. The quantitative estimate of drug-likeness (QED) is 0.281. The van der Waals surface area contributed by atoms with Gasteiger partial charge in [-0.15, -0.1) is 10.2 Å². The molecule has 1 aromatic carbocycles. The first kappa shape index (κ1) is 25.2. The number of pyridine rings is 2. The Balaban J connectivity index is 1.27. The van der Waals surface area contributed by atoms with Crippen LogP contribution < -0.4 is 5.32 Å². The normalized spacial score (nSPS) is 15.0. The van der Waals surface area contributed by atoms with E-state index in [1.54, 1.807) is 35.5 Å². The second kappa shape index (κ2) is 10.3. The number of aromatic nitrogens is 7. The van der Waals surface area contributed by atoms with Gasteiger partial charge in [-0.1, -0.05) is 12.5 Å². The molecule has 0 saturated heterocycles. The van der Waals surface area contributed by atoms with Crippen molar-refractivity contribution in [1.29, 1.82) is 5.26 Å². The fourth-order valence-electron chi connectivity index (χ4n) is 5.19.